The number of hydrogen-bond donors (Lipinski definition) is 0. The first-order valence-electron chi connectivity index (χ1n) is 3.66. The van der Waals surface area contributed by atoms with Gasteiger partial charge in [-0.2, -0.15) is 5.10 Å². The van der Waals surface area contributed by atoms with Crippen LogP contribution in [0.15, 0.2) is 35.5 Å². The summed E-state index contributed by atoms with van der Waals surface area (Å²) in [6, 6.07) is 8.14. The maximum atomic E-state index is 4.04. The van der Waals surface area contributed by atoms with Gasteiger partial charge < -0.3 is 0 Å². The van der Waals surface area contributed by atoms with Gasteiger partial charge >= 0.3 is 0 Å². The molecule has 60 valence electrons. The van der Waals surface area contributed by atoms with Crippen molar-refractivity contribution in [1.29, 1.82) is 0 Å². The van der Waals surface area contributed by atoms with Gasteiger partial charge in [0.2, 0.25) is 0 Å². The van der Waals surface area contributed by atoms with Crippen LogP contribution in [0, 0.1) is 0 Å². The number of aromatic nitrogens is 2. The third-order valence-electron chi connectivity index (χ3n) is 1.73. The highest BCUT2D eigenvalue weighted by Gasteiger charge is 1.99. The van der Waals surface area contributed by atoms with Crippen LogP contribution in [0.25, 0.3) is 10.8 Å². The lowest BCUT2D eigenvalue weighted by molar-refractivity contribution is 0.957. The van der Waals surface area contributed by atoms with Crippen LogP contribution in [0.3, 0.4) is 0 Å². The van der Waals surface area contributed by atoms with Crippen molar-refractivity contribution in [2.45, 2.75) is 5.03 Å². The normalized spacial score (nSPS) is 10.4. The summed E-state index contributed by atoms with van der Waals surface area (Å²) in [4.78, 5) is 0. The maximum Gasteiger partial charge on any atom is 0.126 e. The minimum absolute atomic E-state index is 0.994. The average Bonchev–Trinajstić information content (AvgIpc) is 2.17. The average molecular weight is 176 g/mol. The fourth-order valence-corrected chi connectivity index (χ4v) is 1.69. The number of fused-ring (bicyclic) bond motifs is 1. The van der Waals surface area contributed by atoms with E-state index in [9.17, 15) is 0 Å². The number of rotatable bonds is 1. The van der Waals surface area contributed by atoms with Gasteiger partial charge in [0.1, 0.15) is 5.03 Å². The molecule has 0 saturated heterocycles. The van der Waals surface area contributed by atoms with E-state index >= 15 is 0 Å². The van der Waals surface area contributed by atoms with E-state index in [-0.39, 0.29) is 0 Å². The highest BCUT2D eigenvalue weighted by molar-refractivity contribution is 7.98. The Bertz CT molecular complexity index is 395. The molecule has 0 atom stereocenters. The SMILES string of the molecule is CSc1nncc2ccccc12. The predicted molar refractivity (Wildman–Crippen MR) is 51.3 cm³/mol. The highest BCUT2D eigenvalue weighted by Crippen LogP contribution is 2.21. The van der Waals surface area contributed by atoms with E-state index in [4.69, 9.17) is 0 Å². The van der Waals surface area contributed by atoms with Crippen LogP contribution in [0.5, 0.6) is 0 Å². The van der Waals surface area contributed by atoms with Gasteiger partial charge in [-0.15, -0.1) is 16.9 Å². The van der Waals surface area contributed by atoms with Crippen molar-refractivity contribution in [3.05, 3.63) is 30.5 Å². The summed E-state index contributed by atoms with van der Waals surface area (Å²) in [6.07, 6.45) is 3.80. The Morgan fingerprint density at radius 2 is 2.08 bits per heavy atom. The smallest absolute Gasteiger partial charge is 0.126 e. The monoisotopic (exact) mass is 176 g/mol. The Labute approximate surface area is 75.0 Å². The first-order chi connectivity index (χ1) is 5.92. The fraction of sp³-hybridized carbons (Fsp3) is 0.111. The number of nitrogens with zero attached hydrogens (tertiary/aromatic N) is 2. The Hall–Kier alpha value is -1.09. The molecule has 2 nitrogen and oxygen atoms in total. The second kappa shape index (κ2) is 3.11. The van der Waals surface area contributed by atoms with E-state index in [1.807, 2.05) is 24.5 Å². The van der Waals surface area contributed by atoms with Gasteiger partial charge in [0.15, 0.2) is 0 Å². The largest absolute Gasteiger partial charge is 0.157 e. The minimum Gasteiger partial charge on any atom is -0.157 e. The Morgan fingerprint density at radius 1 is 1.25 bits per heavy atom. The topological polar surface area (TPSA) is 25.8 Å². The zero-order valence-corrected chi connectivity index (χ0v) is 7.51. The summed E-state index contributed by atoms with van der Waals surface area (Å²) >= 11 is 1.62. The Kier molecular flexibility index (Phi) is 1.96. The molecule has 0 aliphatic rings. The molecule has 0 radical (unpaired) electrons. The molecule has 0 N–H and O–H groups in total. The van der Waals surface area contributed by atoms with Crippen molar-refractivity contribution in [3.63, 3.8) is 0 Å². The van der Waals surface area contributed by atoms with Crippen LogP contribution in [0.4, 0.5) is 0 Å². The molecule has 0 unspecified atom stereocenters. The summed E-state index contributed by atoms with van der Waals surface area (Å²) in [5.74, 6) is 0. The summed E-state index contributed by atoms with van der Waals surface area (Å²) in [5.41, 5.74) is 0. The summed E-state index contributed by atoms with van der Waals surface area (Å²) in [5, 5.41) is 11.3. The standard InChI is InChI=1S/C9H8N2S/c1-12-9-8-5-3-2-4-7(8)6-10-11-9/h2-6H,1H3. The van der Waals surface area contributed by atoms with E-state index in [0.717, 1.165) is 10.4 Å². The van der Waals surface area contributed by atoms with Crippen molar-refractivity contribution in [2.24, 2.45) is 0 Å². The summed E-state index contributed by atoms with van der Waals surface area (Å²) < 4.78 is 0. The molecule has 2 aromatic rings. The first-order valence-corrected chi connectivity index (χ1v) is 4.88. The van der Waals surface area contributed by atoms with E-state index in [1.54, 1.807) is 18.0 Å². The van der Waals surface area contributed by atoms with Gasteiger partial charge in [0, 0.05) is 10.8 Å². The van der Waals surface area contributed by atoms with Crippen LogP contribution in [-0.2, 0) is 0 Å². The summed E-state index contributed by atoms with van der Waals surface area (Å²) in [7, 11) is 0. The lowest BCUT2D eigenvalue weighted by atomic mass is 10.2. The molecule has 1 aromatic carbocycles. The summed E-state index contributed by atoms with van der Waals surface area (Å²) in [6.45, 7) is 0. The van der Waals surface area contributed by atoms with Crippen molar-refractivity contribution in [3.8, 4) is 0 Å². The number of benzene rings is 1. The first kappa shape index (κ1) is 7.55. The molecule has 0 spiro atoms. The third kappa shape index (κ3) is 1.16. The van der Waals surface area contributed by atoms with Crippen molar-refractivity contribution in [1.82, 2.24) is 10.2 Å². The number of hydrogen-bond acceptors (Lipinski definition) is 3. The zero-order chi connectivity index (χ0) is 8.39. The fourth-order valence-electron chi connectivity index (χ4n) is 1.15. The van der Waals surface area contributed by atoms with Gasteiger partial charge in [-0.25, -0.2) is 0 Å². The van der Waals surface area contributed by atoms with Gasteiger partial charge in [-0.1, -0.05) is 24.3 Å². The lowest BCUT2D eigenvalue weighted by Crippen LogP contribution is -1.85. The van der Waals surface area contributed by atoms with Crippen LogP contribution in [0.2, 0.25) is 0 Å². The van der Waals surface area contributed by atoms with Crippen LogP contribution >= 0.6 is 11.8 Å². The molecule has 1 aromatic heterocycles. The maximum absolute atomic E-state index is 4.04. The van der Waals surface area contributed by atoms with Crippen LogP contribution < -0.4 is 0 Å². The molecule has 0 fully saturated rings. The molecule has 0 bridgehead atoms. The molecule has 12 heavy (non-hydrogen) atoms. The lowest BCUT2D eigenvalue weighted by Gasteiger charge is -1.99. The van der Waals surface area contributed by atoms with E-state index in [1.165, 1.54) is 5.39 Å². The van der Waals surface area contributed by atoms with Crippen molar-refractivity contribution >= 4 is 22.5 Å². The molecule has 0 amide bonds. The zero-order valence-electron chi connectivity index (χ0n) is 6.69. The second-order valence-electron chi connectivity index (χ2n) is 2.44. The quantitative estimate of drug-likeness (QED) is 0.624. The Morgan fingerprint density at radius 3 is 2.92 bits per heavy atom. The molecular weight excluding hydrogens is 168 g/mol. The van der Waals surface area contributed by atoms with E-state index in [0.29, 0.717) is 0 Å². The van der Waals surface area contributed by atoms with Gasteiger partial charge in [-0.3, -0.25) is 0 Å². The Balaban J connectivity index is 2.79. The predicted octanol–water partition coefficient (Wildman–Crippen LogP) is 2.35. The van der Waals surface area contributed by atoms with Crippen molar-refractivity contribution < 1.29 is 0 Å². The van der Waals surface area contributed by atoms with E-state index in [2.05, 4.69) is 16.3 Å². The van der Waals surface area contributed by atoms with Gasteiger partial charge in [-0.05, 0) is 6.26 Å². The van der Waals surface area contributed by atoms with Gasteiger partial charge in [0.25, 0.3) is 0 Å². The molecule has 0 aliphatic heterocycles. The highest BCUT2D eigenvalue weighted by atomic mass is 32.2. The molecule has 3 heteroatoms. The third-order valence-corrected chi connectivity index (χ3v) is 2.42. The second-order valence-corrected chi connectivity index (χ2v) is 3.24. The van der Waals surface area contributed by atoms with E-state index < -0.39 is 0 Å². The molecule has 0 aliphatic carbocycles. The van der Waals surface area contributed by atoms with Gasteiger partial charge in [0.05, 0.1) is 6.20 Å². The van der Waals surface area contributed by atoms with Crippen molar-refractivity contribution in [2.75, 3.05) is 6.26 Å². The molecule has 0 saturated carbocycles. The molecule has 1 heterocycles. The van der Waals surface area contributed by atoms with Crippen LogP contribution in [0.1, 0.15) is 0 Å². The minimum atomic E-state index is 0.994. The molecular formula is C9H8N2S. The number of thioether (sulfide) groups is 1. The van der Waals surface area contributed by atoms with Crippen LogP contribution in [-0.4, -0.2) is 16.5 Å². The molecule has 2 rings (SSSR count).